The van der Waals surface area contributed by atoms with Crippen molar-refractivity contribution in [2.75, 3.05) is 0 Å². The van der Waals surface area contributed by atoms with Crippen LogP contribution in [0.15, 0.2) is 59.8 Å². The first-order valence-electron chi connectivity index (χ1n) is 5.16. The van der Waals surface area contributed by atoms with Crippen LogP contribution in [-0.2, 0) is 0 Å². The SMILES string of the molecule is CC(C)=C1C2C=CC1\C=C/C=C\C=C/2. The first-order valence-corrected chi connectivity index (χ1v) is 5.16. The molecular weight excluding hydrogens is 168 g/mol. The van der Waals surface area contributed by atoms with Gasteiger partial charge in [0.1, 0.15) is 0 Å². The molecule has 2 unspecified atom stereocenters. The summed E-state index contributed by atoms with van der Waals surface area (Å²) in [6.07, 6.45) is 17.6. The van der Waals surface area contributed by atoms with Gasteiger partial charge in [0.2, 0.25) is 0 Å². The van der Waals surface area contributed by atoms with E-state index in [9.17, 15) is 0 Å². The Bertz CT molecular complexity index is 329. The molecular formula is C14H16. The summed E-state index contributed by atoms with van der Waals surface area (Å²) in [5, 5.41) is 0. The molecule has 0 saturated heterocycles. The molecule has 14 heavy (non-hydrogen) atoms. The number of rotatable bonds is 0. The zero-order valence-electron chi connectivity index (χ0n) is 8.77. The Balaban J connectivity index is 2.45. The predicted octanol–water partition coefficient (Wildman–Crippen LogP) is 3.81. The average molecular weight is 184 g/mol. The normalized spacial score (nSPS) is 35.7. The van der Waals surface area contributed by atoms with Gasteiger partial charge in [0.25, 0.3) is 0 Å². The van der Waals surface area contributed by atoms with E-state index in [4.69, 9.17) is 0 Å². The van der Waals surface area contributed by atoms with Crippen LogP contribution >= 0.6 is 0 Å². The van der Waals surface area contributed by atoms with E-state index in [1.165, 1.54) is 5.57 Å². The Hall–Kier alpha value is -1.30. The predicted molar refractivity (Wildman–Crippen MR) is 61.9 cm³/mol. The molecule has 0 amide bonds. The summed E-state index contributed by atoms with van der Waals surface area (Å²) in [5.41, 5.74) is 2.99. The van der Waals surface area contributed by atoms with Crippen molar-refractivity contribution in [3.63, 3.8) is 0 Å². The molecule has 2 bridgehead atoms. The minimum atomic E-state index is 0.511. The molecule has 0 nitrogen and oxygen atoms in total. The molecule has 0 aliphatic heterocycles. The summed E-state index contributed by atoms with van der Waals surface area (Å²) in [7, 11) is 0. The van der Waals surface area contributed by atoms with Crippen molar-refractivity contribution in [2.24, 2.45) is 11.8 Å². The highest BCUT2D eigenvalue weighted by atomic mass is 14.3. The van der Waals surface area contributed by atoms with Crippen LogP contribution in [0.1, 0.15) is 13.8 Å². The molecule has 72 valence electrons. The molecule has 0 spiro atoms. The van der Waals surface area contributed by atoms with Gasteiger partial charge in [0, 0.05) is 11.8 Å². The van der Waals surface area contributed by atoms with Crippen LogP contribution in [0.2, 0.25) is 0 Å². The first kappa shape index (κ1) is 9.26. The second-order valence-electron chi connectivity index (χ2n) is 4.05. The van der Waals surface area contributed by atoms with Gasteiger partial charge in [0.05, 0.1) is 0 Å². The van der Waals surface area contributed by atoms with E-state index >= 15 is 0 Å². The summed E-state index contributed by atoms with van der Waals surface area (Å²) >= 11 is 0. The van der Waals surface area contributed by atoms with Crippen molar-refractivity contribution < 1.29 is 0 Å². The third kappa shape index (κ3) is 1.65. The summed E-state index contributed by atoms with van der Waals surface area (Å²) in [4.78, 5) is 0. The fourth-order valence-corrected chi connectivity index (χ4v) is 2.17. The van der Waals surface area contributed by atoms with E-state index < -0.39 is 0 Å². The third-order valence-corrected chi connectivity index (χ3v) is 2.79. The number of hydrogen-bond acceptors (Lipinski definition) is 0. The second-order valence-corrected chi connectivity index (χ2v) is 4.05. The zero-order chi connectivity index (χ0) is 9.97. The summed E-state index contributed by atoms with van der Waals surface area (Å²) < 4.78 is 0. The second kappa shape index (κ2) is 3.83. The minimum Gasteiger partial charge on any atom is -0.0766 e. The van der Waals surface area contributed by atoms with Gasteiger partial charge in [-0.25, -0.2) is 0 Å². The van der Waals surface area contributed by atoms with Crippen LogP contribution in [0, 0.1) is 11.8 Å². The Morgan fingerprint density at radius 1 is 0.786 bits per heavy atom. The topological polar surface area (TPSA) is 0 Å². The standard InChI is InChI=1S/C14H16/c1-11(2)14-12-7-5-3-4-6-8-13(14)10-9-12/h3-10,12-13H,1-2H3/b4-3-,7-5-,8-6-. The highest BCUT2D eigenvalue weighted by Crippen LogP contribution is 2.34. The van der Waals surface area contributed by atoms with E-state index in [0.29, 0.717) is 11.8 Å². The molecule has 0 fully saturated rings. The molecule has 2 aliphatic carbocycles. The first-order chi connectivity index (χ1) is 6.79. The van der Waals surface area contributed by atoms with Crippen LogP contribution < -0.4 is 0 Å². The Kier molecular flexibility index (Phi) is 2.53. The third-order valence-electron chi connectivity index (χ3n) is 2.79. The molecule has 0 heterocycles. The van der Waals surface area contributed by atoms with E-state index in [-0.39, 0.29) is 0 Å². The fraction of sp³-hybridized carbons (Fsp3) is 0.286. The maximum Gasteiger partial charge on any atom is 0.0172 e. The summed E-state index contributed by atoms with van der Waals surface area (Å²) in [5.74, 6) is 1.02. The van der Waals surface area contributed by atoms with Gasteiger partial charge in [-0.2, -0.15) is 0 Å². The van der Waals surface area contributed by atoms with Crippen molar-refractivity contribution in [2.45, 2.75) is 13.8 Å². The largest absolute Gasteiger partial charge is 0.0766 e. The van der Waals surface area contributed by atoms with Crippen LogP contribution in [0.4, 0.5) is 0 Å². The Labute approximate surface area is 86.0 Å². The lowest BCUT2D eigenvalue weighted by Crippen LogP contribution is -2.01. The fourth-order valence-electron chi connectivity index (χ4n) is 2.17. The van der Waals surface area contributed by atoms with Crippen molar-refractivity contribution in [3.05, 3.63) is 59.8 Å². The van der Waals surface area contributed by atoms with Gasteiger partial charge in [0.15, 0.2) is 0 Å². The maximum absolute atomic E-state index is 2.30. The quantitative estimate of drug-likeness (QED) is 0.502. The van der Waals surface area contributed by atoms with E-state index in [0.717, 1.165) is 0 Å². The zero-order valence-corrected chi connectivity index (χ0v) is 8.77. The molecule has 0 saturated carbocycles. The Morgan fingerprint density at radius 2 is 1.29 bits per heavy atom. The highest BCUT2D eigenvalue weighted by molar-refractivity contribution is 5.40. The van der Waals surface area contributed by atoms with Crippen molar-refractivity contribution >= 4 is 0 Å². The molecule has 0 aromatic carbocycles. The van der Waals surface area contributed by atoms with Crippen LogP contribution in [0.25, 0.3) is 0 Å². The molecule has 2 atom stereocenters. The molecule has 0 radical (unpaired) electrons. The molecule has 0 heteroatoms. The molecule has 2 rings (SSSR count). The van der Waals surface area contributed by atoms with Crippen LogP contribution in [0.3, 0.4) is 0 Å². The van der Waals surface area contributed by atoms with Gasteiger partial charge in [-0.05, 0) is 13.8 Å². The minimum absolute atomic E-state index is 0.511. The van der Waals surface area contributed by atoms with Crippen LogP contribution in [-0.4, -0.2) is 0 Å². The highest BCUT2D eigenvalue weighted by Gasteiger charge is 2.22. The number of fused-ring (bicyclic) bond motifs is 2. The van der Waals surface area contributed by atoms with Gasteiger partial charge in [-0.3, -0.25) is 0 Å². The van der Waals surface area contributed by atoms with Crippen molar-refractivity contribution in [3.8, 4) is 0 Å². The lowest BCUT2D eigenvalue weighted by molar-refractivity contribution is 0.860. The summed E-state index contributed by atoms with van der Waals surface area (Å²) in [6.45, 7) is 4.41. The molecule has 2 aliphatic rings. The van der Waals surface area contributed by atoms with Gasteiger partial charge >= 0.3 is 0 Å². The average Bonchev–Trinajstić information content (AvgIpc) is 2.58. The van der Waals surface area contributed by atoms with Crippen molar-refractivity contribution in [1.82, 2.24) is 0 Å². The summed E-state index contributed by atoms with van der Waals surface area (Å²) in [6, 6.07) is 0. The smallest absolute Gasteiger partial charge is 0.0172 e. The van der Waals surface area contributed by atoms with E-state index in [1.54, 1.807) is 5.57 Å². The van der Waals surface area contributed by atoms with Gasteiger partial charge in [-0.1, -0.05) is 59.8 Å². The van der Waals surface area contributed by atoms with E-state index in [1.807, 2.05) is 0 Å². The number of allylic oxidation sites excluding steroid dienone is 10. The molecule has 0 aromatic heterocycles. The van der Waals surface area contributed by atoms with Gasteiger partial charge in [-0.15, -0.1) is 0 Å². The maximum atomic E-state index is 2.30. The van der Waals surface area contributed by atoms with E-state index in [2.05, 4.69) is 62.5 Å². The monoisotopic (exact) mass is 184 g/mol. The van der Waals surface area contributed by atoms with Crippen molar-refractivity contribution in [1.29, 1.82) is 0 Å². The van der Waals surface area contributed by atoms with Gasteiger partial charge < -0.3 is 0 Å². The van der Waals surface area contributed by atoms with Crippen LogP contribution in [0.5, 0.6) is 0 Å². The lowest BCUT2D eigenvalue weighted by Gasteiger charge is -2.13. The lowest BCUT2D eigenvalue weighted by atomic mass is 9.91. The number of hydrogen-bond donors (Lipinski definition) is 0. The molecule has 0 aromatic rings. The molecule has 0 N–H and O–H groups in total. The Morgan fingerprint density at radius 3 is 1.71 bits per heavy atom.